The van der Waals surface area contributed by atoms with Gasteiger partial charge in [-0.15, -0.1) is 0 Å². The van der Waals surface area contributed by atoms with Gasteiger partial charge in [-0.1, -0.05) is 0 Å². The van der Waals surface area contributed by atoms with E-state index in [4.69, 9.17) is 0 Å². The van der Waals surface area contributed by atoms with Gasteiger partial charge in [0.1, 0.15) is 41.4 Å². The predicted molar refractivity (Wildman–Crippen MR) is 119 cm³/mol. The first kappa shape index (κ1) is 21.0. The monoisotopic (exact) mass is 441 g/mol. The van der Waals surface area contributed by atoms with Gasteiger partial charge in [-0.05, 0) is 45.1 Å². The van der Waals surface area contributed by atoms with E-state index in [1.54, 1.807) is 23.4 Å². The van der Waals surface area contributed by atoms with Crippen molar-refractivity contribution in [2.45, 2.75) is 57.5 Å². The van der Waals surface area contributed by atoms with Gasteiger partial charge < -0.3 is 25.0 Å². The summed E-state index contributed by atoms with van der Waals surface area (Å²) in [6.45, 7) is 4.51. The van der Waals surface area contributed by atoms with Crippen molar-refractivity contribution in [1.29, 1.82) is 0 Å². The minimum absolute atomic E-state index is 0.0815. The molecule has 3 aromatic heterocycles. The number of alkyl halides is 1. The van der Waals surface area contributed by atoms with Gasteiger partial charge in [-0.25, -0.2) is 19.3 Å². The van der Waals surface area contributed by atoms with Crippen LogP contribution in [0.1, 0.15) is 45.0 Å². The smallest absolute Gasteiger partial charge is 0.227 e. The minimum atomic E-state index is -1.31. The van der Waals surface area contributed by atoms with Gasteiger partial charge in [0.2, 0.25) is 5.95 Å². The summed E-state index contributed by atoms with van der Waals surface area (Å²) in [5.74, 6) is 2.22. The zero-order valence-electron chi connectivity index (χ0n) is 18.2. The molecule has 0 amide bonds. The van der Waals surface area contributed by atoms with Crippen LogP contribution in [0.3, 0.4) is 0 Å². The molecule has 5 rings (SSSR count). The number of aliphatic hydroxyl groups excluding tert-OH is 1. The van der Waals surface area contributed by atoms with Crippen LogP contribution in [0.25, 0.3) is 11.0 Å². The number of piperidine rings is 1. The summed E-state index contributed by atoms with van der Waals surface area (Å²) in [7, 11) is 0. The molecule has 1 saturated heterocycles. The molecule has 2 aliphatic rings. The number of pyridine rings is 1. The largest absolute Gasteiger partial charge is 0.388 e. The number of fused-ring (bicyclic) bond motifs is 1. The number of hydrogen-bond acceptors (Lipinski definition) is 8. The number of aromatic nitrogens is 5. The van der Waals surface area contributed by atoms with Crippen molar-refractivity contribution < 1.29 is 14.6 Å². The highest BCUT2D eigenvalue weighted by Crippen LogP contribution is 2.46. The van der Waals surface area contributed by atoms with Crippen LogP contribution >= 0.6 is 0 Å². The van der Waals surface area contributed by atoms with E-state index in [1.807, 2.05) is 24.5 Å². The van der Waals surface area contributed by atoms with Crippen molar-refractivity contribution in [3.05, 3.63) is 30.4 Å². The maximum atomic E-state index is 14.8. The number of nitrogens with zero attached hydrogens (tertiary/aromatic N) is 6. The highest BCUT2D eigenvalue weighted by Gasteiger charge is 2.52. The van der Waals surface area contributed by atoms with Gasteiger partial charge in [-0.2, -0.15) is 4.98 Å². The number of anilines is 3. The molecule has 2 fully saturated rings. The number of rotatable bonds is 6. The lowest BCUT2D eigenvalue weighted by Gasteiger charge is -2.41. The van der Waals surface area contributed by atoms with Crippen molar-refractivity contribution in [3.63, 3.8) is 0 Å². The molecule has 9 nitrogen and oxygen atoms in total. The van der Waals surface area contributed by atoms with Gasteiger partial charge in [0.25, 0.3) is 0 Å². The molecule has 3 N–H and O–H groups in total. The van der Waals surface area contributed by atoms with Gasteiger partial charge in [0, 0.05) is 24.8 Å². The van der Waals surface area contributed by atoms with E-state index in [1.165, 1.54) is 0 Å². The predicted octanol–water partition coefficient (Wildman–Crippen LogP) is 2.73. The van der Waals surface area contributed by atoms with Crippen LogP contribution < -0.4 is 10.2 Å². The summed E-state index contributed by atoms with van der Waals surface area (Å²) in [5.41, 5.74) is 0.368. The molecule has 32 heavy (non-hydrogen) atoms. The Morgan fingerprint density at radius 1 is 1.25 bits per heavy atom. The molecule has 0 spiro atoms. The van der Waals surface area contributed by atoms with Crippen LogP contribution in [0.5, 0.6) is 0 Å². The third-order valence-corrected chi connectivity index (χ3v) is 6.48. The summed E-state index contributed by atoms with van der Waals surface area (Å²) in [6.07, 6.45) is 4.16. The maximum Gasteiger partial charge on any atom is 0.227 e. The number of aliphatic hydroxyl groups is 2. The topological polar surface area (TPSA) is 112 Å². The highest BCUT2D eigenvalue weighted by molar-refractivity contribution is 5.79. The Balaban J connectivity index is 1.36. The normalized spacial score (nSPS) is 23.8. The highest BCUT2D eigenvalue weighted by atomic mass is 19.1. The van der Waals surface area contributed by atoms with E-state index in [-0.39, 0.29) is 25.1 Å². The van der Waals surface area contributed by atoms with E-state index in [9.17, 15) is 14.6 Å². The Morgan fingerprint density at radius 3 is 2.75 bits per heavy atom. The van der Waals surface area contributed by atoms with Crippen LogP contribution in [0.4, 0.5) is 22.0 Å². The number of hydrogen-bond donors (Lipinski definition) is 3. The molecular formula is C22H28FN7O2. The lowest BCUT2D eigenvalue weighted by Crippen LogP contribution is -2.55. The second-order valence-corrected chi connectivity index (χ2v) is 9.00. The first-order valence-electron chi connectivity index (χ1n) is 11.1. The van der Waals surface area contributed by atoms with E-state index < -0.39 is 11.8 Å². The van der Waals surface area contributed by atoms with Gasteiger partial charge in [-0.3, -0.25) is 0 Å². The van der Waals surface area contributed by atoms with Crippen LogP contribution in [-0.4, -0.2) is 59.6 Å². The molecule has 0 bridgehead atoms. The van der Waals surface area contributed by atoms with Gasteiger partial charge >= 0.3 is 0 Å². The van der Waals surface area contributed by atoms with E-state index in [2.05, 4.69) is 25.3 Å². The standard InChI is InChI=1S/C22H28FN7O2/c1-13(2)30-16-9-19(25-10-15(16)26-20(30)12-31)27-18-5-7-24-21(28-18)29-8-6-22(32,14-3-4-14)17(23)11-29/h5,7,9-10,13-14,17,31-32H,3-4,6,8,11-12H2,1-2H3,(H,24,25,27,28)/t17-,22-/m1/s1. The first-order chi connectivity index (χ1) is 15.4. The summed E-state index contributed by atoms with van der Waals surface area (Å²) in [5, 5.41) is 23.5. The Bertz CT molecular complexity index is 1130. The van der Waals surface area contributed by atoms with Crippen molar-refractivity contribution in [2.75, 3.05) is 23.3 Å². The molecule has 0 aromatic carbocycles. The molecule has 170 valence electrons. The zero-order valence-corrected chi connectivity index (χ0v) is 18.2. The Labute approximate surface area is 185 Å². The van der Waals surface area contributed by atoms with Crippen LogP contribution in [0, 0.1) is 5.92 Å². The Kier molecular flexibility index (Phi) is 5.21. The van der Waals surface area contributed by atoms with Crippen LogP contribution in [-0.2, 0) is 6.61 Å². The van der Waals surface area contributed by atoms with Crippen molar-refractivity contribution in [2.24, 2.45) is 5.92 Å². The van der Waals surface area contributed by atoms with E-state index in [0.717, 1.165) is 18.4 Å². The fraction of sp³-hybridized carbons (Fsp3) is 0.545. The third kappa shape index (κ3) is 3.67. The summed E-state index contributed by atoms with van der Waals surface area (Å²) >= 11 is 0. The SMILES string of the molecule is CC(C)n1c(CO)nc2cnc(Nc3ccnc(N4CC[C@@](O)(C5CC5)[C@H](F)C4)n3)cc21. The molecule has 10 heteroatoms. The second-order valence-electron chi connectivity index (χ2n) is 9.00. The molecule has 0 unspecified atom stereocenters. The summed E-state index contributed by atoms with van der Waals surface area (Å²) in [6, 6.07) is 3.73. The summed E-state index contributed by atoms with van der Waals surface area (Å²) < 4.78 is 16.8. The first-order valence-corrected chi connectivity index (χ1v) is 11.1. The van der Waals surface area contributed by atoms with Gasteiger partial charge in [0.05, 0.1) is 18.3 Å². The lowest BCUT2D eigenvalue weighted by molar-refractivity contribution is -0.0667. The molecule has 1 aliphatic heterocycles. The second kappa shape index (κ2) is 7.93. The molecule has 1 saturated carbocycles. The third-order valence-electron chi connectivity index (χ3n) is 6.48. The average molecular weight is 442 g/mol. The van der Waals surface area contributed by atoms with Crippen molar-refractivity contribution >= 4 is 28.6 Å². The van der Waals surface area contributed by atoms with Crippen LogP contribution in [0.15, 0.2) is 24.5 Å². The Morgan fingerprint density at radius 2 is 2.06 bits per heavy atom. The number of nitrogens with one attached hydrogen (secondary N) is 1. The van der Waals surface area contributed by atoms with E-state index >= 15 is 0 Å². The Hall–Kier alpha value is -2.85. The van der Waals surface area contributed by atoms with Crippen LogP contribution in [0.2, 0.25) is 0 Å². The maximum absolute atomic E-state index is 14.8. The molecule has 3 aromatic rings. The van der Waals surface area contributed by atoms with Crippen molar-refractivity contribution in [1.82, 2.24) is 24.5 Å². The number of halogens is 1. The molecule has 1 aliphatic carbocycles. The van der Waals surface area contributed by atoms with Crippen molar-refractivity contribution in [3.8, 4) is 0 Å². The summed E-state index contributed by atoms with van der Waals surface area (Å²) in [4.78, 5) is 19.5. The number of imidazole rings is 1. The molecule has 2 atom stereocenters. The zero-order chi connectivity index (χ0) is 22.5. The molecular weight excluding hydrogens is 413 g/mol. The molecule has 0 radical (unpaired) electrons. The fourth-order valence-electron chi connectivity index (χ4n) is 4.64. The fourth-order valence-corrected chi connectivity index (χ4v) is 4.64. The molecule has 4 heterocycles. The lowest BCUT2D eigenvalue weighted by atomic mass is 9.85. The van der Waals surface area contributed by atoms with Gasteiger partial charge in [0.15, 0.2) is 0 Å². The minimum Gasteiger partial charge on any atom is -0.388 e. The quantitative estimate of drug-likeness (QED) is 0.535. The average Bonchev–Trinajstić information content (AvgIpc) is 3.57. The van der Waals surface area contributed by atoms with E-state index in [0.29, 0.717) is 41.9 Å².